The molecular weight excluding hydrogens is 274 g/mol. The molecule has 0 aliphatic rings. The minimum absolute atomic E-state index is 0.364. The van der Waals surface area contributed by atoms with Gasteiger partial charge in [-0.2, -0.15) is 5.10 Å². The van der Waals surface area contributed by atoms with E-state index in [-0.39, 0.29) is 5.63 Å². The number of para-hydroxylation sites is 1. The van der Waals surface area contributed by atoms with Crippen LogP contribution in [0.15, 0.2) is 44.9 Å². The Labute approximate surface area is 117 Å². The van der Waals surface area contributed by atoms with Crippen molar-refractivity contribution in [1.82, 2.24) is 14.6 Å². The van der Waals surface area contributed by atoms with Gasteiger partial charge in [-0.1, -0.05) is 18.2 Å². The van der Waals surface area contributed by atoms with E-state index >= 15 is 0 Å². The molecule has 0 radical (unpaired) electrons. The average molecular weight is 283 g/mol. The molecule has 0 N–H and O–H groups in total. The maximum atomic E-state index is 12.2. The van der Waals surface area contributed by atoms with Gasteiger partial charge in [-0.15, -0.1) is 11.3 Å². The number of aryl methyl sites for hydroxylation is 1. The standard InChI is InChI=1S/C14H9N3O2S/c1-8-15-14-17(16-8)11(7-20-14)10-6-9-4-2-3-5-12(9)19-13(10)18/h2-7H,1H3. The summed E-state index contributed by atoms with van der Waals surface area (Å²) in [6.07, 6.45) is 0. The highest BCUT2D eigenvalue weighted by Gasteiger charge is 2.14. The first kappa shape index (κ1) is 11.4. The highest BCUT2D eigenvalue weighted by atomic mass is 32.1. The predicted octanol–water partition coefficient (Wildman–Crippen LogP) is 2.87. The van der Waals surface area contributed by atoms with Gasteiger partial charge in [0.1, 0.15) is 11.4 Å². The van der Waals surface area contributed by atoms with Gasteiger partial charge in [-0.25, -0.2) is 14.3 Å². The van der Waals surface area contributed by atoms with Crippen LogP contribution < -0.4 is 5.63 Å². The van der Waals surface area contributed by atoms with Crippen LogP contribution in [0.4, 0.5) is 0 Å². The van der Waals surface area contributed by atoms with Crippen LogP contribution in [0.5, 0.6) is 0 Å². The molecule has 0 unspecified atom stereocenters. The lowest BCUT2D eigenvalue weighted by molar-refractivity contribution is 0.563. The van der Waals surface area contributed by atoms with E-state index in [2.05, 4.69) is 10.1 Å². The van der Waals surface area contributed by atoms with Gasteiger partial charge in [-0.05, 0) is 19.1 Å². The van der Waals surface area contributed by atoms with Crippen molar-refractivity contribution in [2.75, 3.05) is 0 Å². The molecule has 4 rings (SSSR count). The van der Waals surface area contributed by atoms with Crippen molar-refractivity contribution in [3.05, 3.63) is 52.0 Å². The van der Waals surface area contributed by atoms with Crippen LogP contribution in [0.1, 0.15) is 5.82 Å². The highest BCUT2D eigenvalue weighted by molar-refractivity contribution is 7.15. The maximum absolute atomic E-state index is 12.2. The van der Waals surface area contributed by atoms with E-state index in [0.29, 0.717) is 22.7 Å². The van der Waals surface area contributed by atoms with Gasteiger partial charge in [0.05, 0.1) is 11.3 Å². The third kappa shape index (κ3) is 1.58. The van der Waals surface area contributed by atoms with E-state index in [9.17, 15) is 4.79 Å². The van der Waals surface area contributed by atoms with Crippen molar-refractivity contribution >= 4 is 27.3 Å². The molecule has 5 nitrogen and oxygen atoms in total. The van der Waals surface area contributed by atoms with Crippen LogP contribution in [0.3, 0.4) is 0 Å². The Balaban J connectivity index is 2.06. The summed E-state index contributed by atoms with van der Waals surface area (Å²) in [6.45, 7) is 1.83. The average Bonchev–Trinajstić information content (AvgIpc) is 2.97. The number of thiazole rings is 1. The molecule has 3 heterocycles. The first-order chi connectivity index (χ1) is 9.72. The number of nitrogens with zero attached hydrogens (tertiary/aromatic N) is 3. The van der Waals surface area contributed by atoms with Crippen molar-refractivity contribution in [2.24, 2.45) is 0 Å². The largest absolute Gasteiger partial charge is 0.422 e. The number of hydrogen-bond donors (Lipinski definition) is 0. The van der Waals surface area contributed by atoms with Crippen LogP contribution in [0.25, 0.3) is 27.2 Å². The zero-order valence-corrected chi connectivity index (χ0v) is 11.3. The first-order valence-corrected chi connectivity index (χ1v) is 6.94. The van der Waals surface area contributed by atoms with E-state index in [1.165, 1.54) is 11.3 Å². The topological polar surface area (TPSA) is 60.4 Å². The molecule has 0 atom stereocenters. The fourth-order valence-electron chi connectivity index (χ4n) is 2.21. The van der Waals surface area contributed by atoms with E-state index in [1.54, 1.807) is 10.6 Å². The molecule has 0 saturated heterocycles. The smallest absolute Gasteiger partial charge is 0.345 e. The van der Waals surface area contributed by atoms with Gasteiger partial charge in [0, 0.05) is 10.8 Å². The van der Waals surface area contributed by atoms with Crippen molar-refractivity contribution in [3.63, 3.8) is 0 Å². The number of benzene rings is 1. The van der Waals surface area contributed by atoms with Crippen LogP contribution in [0, 0.1) is 6.92 Å². The third-order valence-corrected chi connectivity index (χ3v) is 3.92. The van der Waals surface area contributed by atoms with Crippen LogP contribution in [0.2, 0.25) is 0 Å². The Morgan fingerprint density at radius 1 is 1.30 bits per heavy atom. The summed E-state index contributed by atoms with van der Waals surface area (Å²) in [7, 11) is 0. The minimum atomic E-state index is -0.364. The molecule has 98 valence electrons. The third-order valence-electron chi connectivity index (χ3n) is 3.10. The van der Waals surface area contributed by atoms with Gasteiger partial charge in [0.15, 0.2) is 0 Å². The zero-order valence-electron chi connectivity index (χ0n) is 10.5. The van der Waals surface area contributed by atoms with Gasteiger partial charge >= 0.3 is 5.63 Å². The lowest BCUT2D eigenvalue weighted by Gasteiger charge is -2.00. The number of aromatic nitrogens is 3. The van der Waals surface area contributed by atoms with E-state index in [1.807, 2.05) is 36.6 Å². The molecule has 0 aliphatic carbocycles. The lowest BCUT2D eigenvalue weighted by Crippen LogP contribution is -2.04. The second-order valence-corrected chi connectivity index (χ2v) is 5.30. The number of rotatable bonds is 1. The molecule has 3 aromatic heterocycles. The second kappa shape index (κ2) is 4.01. The van der Waals surface area contributed by atoms with Crippen LogP contribution in [-0.4, -0.2) is 14.6 Å². The Kier molecular flexibility index (Phi) is 2.28. The van der Waals surface area contributed by atoms with Gasteiger partial charge in [-0.3, -0.25) is 0 Å². The predicted molar refractivity (Wildman–Crippen MR) is 77.1 cm³/mol. The second-order valence-electron chi connectivity index (χ2n) is 4.46. The molecule has 0 aliphatic heterocycles. The summed E-state index contributed by atoms with van der Waals surface area (Å²) < 4.78 is 7.04. The molecule has 0 saturated carbocycles. The van der Waals surface area contributed by atoms with Gasteiger partial charge in [0.25, 0.3) is 0 Å². The SMILES string of the molecule is Cc1nc2scc(-c3cc4ccccc4oc3=O)n2n1. The lowest BCUT2D eigenvalue weighted by atomic mass is 10.1. The first-order valence-electron chi connectivity index (χ1n) is 6.06. The molecule has 0 bridgehead atoms. The van der Waals surface area contributed by atoms with Gasteiger partial charge < -0.3 is 4.42 Å². The van der Waals surface area contributed by atoms with E-state index in [4.69, 9.17) is 4.42 Å². The molecule has 0 spiro atoms. The molecule has 1 aromatic carbocycles. The van der Waals surface area contributed by atoms with Gasteiger partial charge in [0.2, 0.25) is 4.96 Å². The zero-order chi connectivity index (χ0) is 13.7. The summed E-state index contributed by atoms with van der Waals surface area (Å²) in [6, 6.07) is 9.28. The minimum Gasteiger partial charge on any atom is -0.422 e. The number of fused-ring (bicyclic) bond motifs is 2. The summed E-state index contributed by atoms with van der Waals surface area (Å²) in [4.78, 5) is 17.2. The summed E-state index contributed by atoms with van der Waals surface area (Å²) in [5, 5.41) is 7.06. The Morgan fingerprint density at radius 2 is 2.15 bits per heavy atom. The maximum Gasteiger partial charge on any atom is 0.345 e. The molecule has 6 heteroatoms. The van der Waals surface area contributed by atoms with Crippen molar-refractivity contribution in [2.45, 2.75) is 6.92 Å². The normalized spacial score (nSPS) is 11.4. The Bertz CT molecular complexity index is 996. The quantitative estimate of drug-likeness (QED) is 0.504. The summed E-state index contributed by atoms with van der Waals surface area (Å²) in [5.41, 5.74) is 1.43. The van der Waals surface area contributed by atoms with Crippen LogP contribution >= 0.6 is 11.3 Å². The fourth-order valence-corrected chi connectivity index (χ4v) is 3.07. The highest BCUT2D eigenvalue weighted by Crippen LogP contribution is 2.25. The Hall–Kier alpha value is -2.47. The molecule has 0 amide bonds. The Morgan fingerprint density at radius 3 is 3.05 bits per heavy atom. The fraction of sp³-hybridized carbons (Fsp3) is 0.0714. The molecular formula is C14H9N3O2S. The molecule has 4 aromatic rings. The van der Waals surface area contributed by atoms with Crippen molar-refractivity contribution in [3.8, 4) is 11.3 Å². The van der Waals surface area contributed by atoms with Crippen molar-refractivity contribution in [1.29, 1.82) is 0 Å². The van der Waals surface area contributed by atoms with E-state index < -0.39 is 0 Å². The summed E-state index contributed by atoms with van der Waals surface area (Å²) >= 11 is 1.45. The monoisotopic (exact) mass is 283 g/mol. The van der Waals surface area contributed by atoms with E-state index in [0.717, 1.165) is 10.3 Å². The van der Waals surface area contributed by atoms with Crippen LogP contribution in [-0.2, 0) is 0 Å². The molecule has 20 heavy (non-hydrogen) atoms. The number of hydrogen-bond acceptors (Lipinski definition) is 5. The summed E-state index contributed by atoms with van der Waals surface area (Å²) in [5.74, 6) is 0.684. The van der Waals surface area contributed by atoms with Crippen molar-refractivity contribution < 1.29 is 4.42 Å². The molecule has 0 fully saturated rings.